The van der Waals surface area contributed by atoms with E-state index >= 15 is 0 Å². The second kappa shape index (κ2) is 5.41. The SMILES string of the molecule is COC(=O)c1cc2c(cc1OC)C=CC1(CCNCC1)O2. The van der Waals surface area contributed by atoms with E-state index < -0.39 is 5.97 Å². The second-order valence-electron chi connectivity index (χ2n) is 5.33. The van der Waals surface area contributed by atoms with Crippen molar-refractivity contribution in [3.8, 4) is 11.5 Å². The quantitative estimate of drug-likeness (QED) is 0.844. The predicted molar refractivity (Wildman–Crippen MR) is 78.8 cm³/mol. The Balaban J connectivity index is 1.99. The summed E-state index contributed by atoms with van der Waals surface area (Å²) in [5, 5.41) is 3.33. The highest BCUT2D eigenvalue weighted by Gasteiger charge is 2.35. The molecule has 112 valence electrons. The molecule has 5 nitrogen and oxygen atoms in total. The molecule has 1 N–H and O–H groups in total. The molecule has 3 rings (SSSR count). The van der Waals surface area contributed by atoms with Crippen LogP contribution < -0.4 is 14.8 Å². The van der Waals surface area contributed by atoms with Gasteiger partial charge in [-0.1, -0.05) is 6.08 Å². The Bertz CT molecular complexity index is 588. The van der Waals surface area contributed by atoms with Crippen LogP contribution >= 0.6 is 0 Å². The summed E-state index contributed by atoms with van der Waals surface area (Å²) in [5.74, 6) is 0.780. The average molecular weight is 289 g/mol. The third-order valence-corrected chi connectivity index (χ3v) is 4.07. The number of nitrogens with one attached hydrogen (secondary N) is 1. The van der Waals surface area contributed by atoms with Crippen LogP contribution in [-0.4, -0.2) is 38.9 Å². The molecule has 0 bridgehead atoms. The van der Waals surface area contributed by atoms with Gasteiger partial charge in [0.2, 0.25) is 0 Å². The number of fused-ring (bicyclic) bond motifs is 1. The largest absolute Gasteiger partial charge is 0.496 e. The van der Waals surface area contributed by atoms with Crippen molar-refractivity contribution < 1.29 is 19.0 Å². The number of esters is 1. The summed E-state index contributed by atoms with van der Waals surface area (Å²) in [7, 11) is 2.89. The van der Waals surface area contributed by atoms with Gasteiger partial charge >= 0.3 is 5.97 Å². The lowest BCUT2D eigenvalue weighted by Crippen LogP contribution is -2.45. The molecular formula is C16H19NO4. The molecular weight excluding hydrogens is 270 g/mol. The van der Waals surface area contributed by atoms with Crippen LogP contribution in [0.2, 0.25) is 0 Å². The van der Waals surface area contributed by atoms with E-state index in [1.54, 1.807) is 6.07 Å². The van der Waals surface area contributed by atoms with Crippen molar-refractivity contribution >= 4 is 12.0 Å². The third kappa shape index (κ3) is 2.49. The van der Waals surface area contributed by atoms with Crippen molar-refractivity contribution in [2.24, 2.45) is 0 Å². The van der Waals surface area contributed by atoms with Gasteiger partial charge in [-0.2, -0.15) is 0 Å². The Morgan fingerprint density at radius 3 is 2.71 bits per heavy atom. The van der Waals surface area contributed by atoms with Crippen molar-refractivity contribution in [2.45, 2.75) is 18.4 Å². The maximum Gasteiger partial charge on any atom is 0.341 e. The van der Waals surface area contributed by atoms with Gasteiger partial charge in [-0.15, -0.1) is 0 Å². The van der Waals surface area contributed by atoms with E-state index in [0.29, 0.717) is 17.1 Å². The zero-order valence-electron chi connectivity index (χ0n) is 12.3. The third-order valence-electron chi connectivity index (χ3n) is 4.07. The Morgan fingerprint density at radius 1 is 1.29 bits per heavy atom. The van der Waals surface area contributed by atoms with Crippen LogP contribution in [0.4, 0.5) is 0 Å². The highest BCUT2D eigenvalue weighted by molar-refractivity contribution is 5.93. The first-order valence-electron chi connectivity index (χ1n) is 7.07. The summed E-state index contributed by atoms with van der Waals surface area (Å²) >= 11 is 0. The first-order valence-corrected chi connectivity index (χ1v) is 7.07. The van der Waals surface area contributed by atoms with E-state index in [-0.39, 0.29) is 5.60 Å². The minimum Gasteiger partial charge on any atom is -0.496 e. The Morgan fingerprint density at radius 2 is 2.05 bits per heavy atom. The number of hydrogen-bond donors (Lipinski definition) is 1. The molecule has 5 heteroatoms. The molecule has 0 amide bonds. The zero-order chi connectivity index (χ0) is 14.9. The first-order chi connectivity index (χ1) is 10.2. The Hall–Kier alpha value is -2.01. The van der Waals surface area contributed by atoms with Crippen molar-refractivity contribution in [3.63, 3.8) is 0 Å². The first kappa shape index (κ1) is 13.9. The van der Waals surface area contributed by atoms with Gasteiger partial charge in [0, 0.05) is 18.4 Å². The zero-order valence-corrected chi connectivity index (χ0v) is 12.3. The molecule has 1 aromatic rings. The smallest absolute Gasteiger partial charge is 0.341 e. The fraction of sp³-hybridized carbons (Fsp3) is 0.438. The molecule has 1 saturated heterocycles. The highest BCUT2D eigenvalue weighted by atomic mass is 16.5. The number of hydrogen-bond acceptors (Lipinski definition) is 5. The van der Waals surface area contributed by atoms with Crippen molar-refractivity contribution in [1.82, 2.24) is 5.32 Å². The lowest BCUT2D eigenvalue weighted by atomic mass is 9.88. The van der Waals surface area contributed by atoms with Crippen LogP contribution in [0.25, 0.3) is 6.08 Å². The summed E-state index contributed by atoms with van der Waals surface area (Å²) in [4.78, 5) is 11.9. The van der Waals surface area contributed by atoms with Gasteiger partial charge in [-0.25, -0.2) is 4.79 Å². The maximum atomic E-state index is 11.9. The van der Waals surface area contributed by atoms with Crippen LogP contribution in [0, 0.1) is 0 Å². The van der Waals surface area contributed by atoms with Crippen LogP contribution in [0.15, 0.2) is 18.2 Å². The van der Waals surface area contributed by atoms with E-state index in [4.69, 9.17) is 14.2 Å². The molecule has 0 aliphatic carbocycles. The summed E-state index contributed by atoms with van der Waals surface area (Å²) in [6.45, 7) is 1.86. The molecule has 2 aliphatic rings. The van der Waals surface area contributed by atoms with E-state index in [1.807, 2.05) is 12.1 Å². The molecule has 0 aromatic heterocycles. The lowest BCUT2D eigenvalue weighted by molar-refractivity contribution is 0.0591. The van der Waals surface area contributed by atoms with Crippen molar-refractivity contribution in [2.75, 3.05) is 27.3 Å². The average Bonchev–Trinajstić information content (AvgIpc) is 2.53. The number of benzene rings is 1. The fourth-order valence-corrected chi connectivity index (χ4v) is 2.85. The summed E-state index contributed by atoms with van der Waals surface area (Å²) in [6.07, 6.45) is 6.01. The minimum absolute atomic E-state index is 0.264. The van der Waals surface area contributed by atoms with Gasteiger partial charge in [0.1, 0.15) is 22.7 Å². The number of methoxy groups -OCH3 is 2. The number of carbonyl (C=O) groups excluding carboxylic acids is 1. The summed E-state index contributed by atoms with van der Waals surface area (Å²) < 4.78 is 16.3. The minimum atomic E-state index is -0.424. The van der Waals surface area contributed by atoms with Gasteiger partial charge in [0.25, 0.3) is 0 Å². The monoisotopic (exact) mass is 289 g/mol. The molecule has 2 heterocycles. The van der Waals surface area contributed by atoms with Crippen LogP contribution in [-0.2, 0) is 4.74 Å². The van der Waals surface area contributed by atoms with Gasteiger partial charge in [0.15, 0.2) is 0 Å². The molecule has 1 fully saturated rings. The number of rotatable bonds is 2. The molecule has 1 aromatic carbocycles. The molecule has 1 spiro atoms. The van der Waals surface area contributed by atoms with Crippen molar-refractivity contribution in [3.05, 3.63) is 29.3 Å². The molecule has 0 atom stereocenters. The summed E-state index contributed by atoms with van der Waals surface area (Å²) in [5.41, 5.74) is 1.04. The predicted octanol–water partition coefficient (Wildman–Crippen LogP) is 2.01. The maximum absolute atomic E-state index is 11.9. The standard InChI is InChI=1S/C16H19NO4/c1-19-14-9-11-3-4-16(5-7-17-8-6-16)21-13(11)10-12(14)15(18)20-2/h3-4,9-10,17H,5-8H2,1-2H3. The van der Waals surface area contributed by atoms with Gasteiger partial charge in [-0.3, -0.25) is 0 Å². The van der Waals surface area contributed by atoms with Crippen LogP contribution in [0.3, 0.4) is 0 Å². The molecule has 2 aliphatic heterocycles. The fourth-order valence-electron chi connectivity index (χ4n) is 2.85. The van der Waals surface area contributed by atoms with E-state index in [0.717, 1.165) is 31.5 Å². The van der Waals surface area contributed by atoms with Crippen molar-refractivity contribution in [1.29, 1.82) is 0 Å². The Kier molecular flexibility index (Phi) is 3.59. The lowest BCUT2D eigenvalue weighted by Gasteiger charge is -2.38. The van der Waals surface area contributed by atoms with E-state index in [2.05, 4.69) is 11.4 Å². The normalized spacial score (nSPS) is 18.8. The highest BCUT2D eigenvalue weighted by Crippen LogP contribution is 2.39. The van der Waals surface area contributed by atoms with E-state index in [1.165, 1.54) is 14.2 Å². The number of ether oxygens (including phenoxy) is 3. The van der Waals surface area contributed by atoms with E-state index in [9.17, 15) is 4.79 Å². The molecule has 0 saturated carbocycles. The molecule has 21 heavy (non-hydrogen) atoms. The Labute approximate surface area is 123 Å². The molecule has 0 unspecified atom stereocenters. The van der Waals surface area contributed by atoms with Gasteiger partial charge in [0.05, 0.1) is 14.2 Å². The van der Waals surface area contributed by atoms with Gasteiger partial charge < -0.3 is 19.5 Å². The van der Waals surface area contributed by atoms with Crippen LogP contribution in [0.5, 0.6) is 11.5 Å². The molecule has 0 radical (unpaired) electrons. The second-order valence-corrected chi connectivity index (χ2v) is 5.33. The topological polar surface area (TPSA) is 56.8 Å². The van der Waals surface area contributed by atoms with Crippen LogP contribution in [0.1, 0.15) is 28.8 Å². The number of carbonyl (C=O) groups is 1. The summed E-state index contributed by atoms with van der Waals surface area (Å²) in [6, 6.07) is 3.53. The van der Waals surface area contributed by atoms with Gasteiger partial charge in [-0.05, 0) is 31.3 Å². The number of piperidine rings is 1.